The van der Waals surface area contributed by atoms with Crippen LogP contribution in [0, 0.1) is 5.82 Å². The number of nitrogens with one attached hydrogen (secondary N) is 2. The molecular formula is C12H10ClFN4O. The Balaban J connectivity index is 2.20. The molecule has 2 aromatic rings. The van der Waals surface area contributed by atoms with Gasteiger partial charge in [0.05, 0.1) is 16.4 Å². The van der Waals surface area contributed by atoms with Crippen LogP contribution in [0.2, 0.25) is 5.02 Å². The van der Waals surface area contributed by atoms with Crippen LogP contribution < -0.4 is 16.6 Å². The van der Waals surface area contributed by atoms with Gasteiger partial charge in [0.1, 0.15) is 11.5 Å². The molecule has 4 N–H and O–H groups in total. The molecule has 1 aromatic heterocycles. The zero-order valence-corrected chi connectivity index (χ0v) is 10.4. The van der Waals surface area contributed by atoms with Gasteiger partial charge in [0.25, 0.3) is 5.91 Å². The molecule has 0 aliphatic carbocycles. The van der Waals surface area contributed by atoms with E-state index in [-0.39, 0.29) is 10.7 Å². The van der Waals surface area contributed by atoms with Crippen molar-refractivity contribution in [3.8, 4) is 0 Å². The fraction of sp³-hybridized carbons (Fsp3) is 0. The van der Waals surface area contributed by atoms with Crippen molar-refractivity contribution in [1.82, 2.24) is 4.98 Å². The zero-order valence-electron chi connectivity index (χ0n) is 9.65. The second-order valence-electron chi connectivity index (χ2n) is 3.65. The van der Waals surface area contributed by atoms with Gasteiger partial charge in [-0.25, -0.2) is 4.39 Å². The molecule has 0 spiro atoms. The lowest BCUT2D eigenvalue weighted by Crippen LogP contribution is -2.15. The molecule has 0 radical (unpaired) electrons. The van der Waals surface area contributed by atoms with Gasteiger partial charge >= 0.3 is 0 Å². The normalized spacial score (nSPS) is 10.1. The molecule has 0 saturated heterocycles. The van der Waals surface area contributed by atoms with Crippen molar-refractivity contribution in [3.05, 3.63) is 53.1 Å². The van der Waals surface area contributed by atoms with Crippen LogP contribution in [0.3, 0.4) is 0 Å². The van der Waals surface area contributed by atoms with E-state index in [1.165, 1.54) is 24.4 Å². The van der Waals surface area contributed by atoms with Gasteiger partial charge in [-0.3, -0.25) is 15.6 Å². The number of halogens is 2. The minimum atomic E-state index is -0.476. The molecule has 1 heterocycles. The lowest BCUT2D eigenvalue weighted by atomic mass is 10.2. The molecule has 1 aromatic carbocycles. The van der Waals surface area contributed by atoms with Crippen molar-refractivity contribution in [2.24, 2.45) is 5.84 Å². The summed E-state index contributed by atoms with van der Waals surface area (Å²) in [5.41, 5.74) is 3.43. The smallest absolute Gasteiger partial charge is 0.274 e. The average molecular weight is 281 g/mol. The molecule has 5 nitrogen and oxygen atoms in total. The third-order valence-corrected chi connectivity index (χ3v) is 2.65. The van der Waals surface area contributed by atoms with E-state index in [0.717, 1.165) is 6.07 Å². The first-order valence-electron chi connectivity index (χ1n) is 5.29. The Morgan fingerprint density at radius 1 is 1.32 bits per heavy atom. The van der Waals surface area contributed by atoms with Gasteiger partial charge in [0, 0.05) is 6.20 Å². The summed E-state index contributed by atoms with van der Waals surface area (Å²) >= 11 is 5.81. The van der Waals surface area contributed by atoms with Crippen LogP contribution in [0.5, 0.6) is 0 Å². The minimum Gasteiger partial charge on any atom is -0.324 e. The first kappa shape index (κ1) is 13.3. The van der Waals surface area contributed by atoms with E-state index in [2.05, 4.69) is 15.7 Å². The number of carbonyl (C=O) groups is 1. The van der Waals surface area contributed by atoms with Crippen molar-refractivity contribution in [1.29, 1.82) is 0 Å². The van der Waals surface area contributed by atoms with Gasteiger partial charge in [0.2, 0.25) is 0 Å². The Kier molecular flexibility index (Phi) is 3.94. The Hall–Kier alpha value is -2.18. The predicted molar refractivity (Wildman–Crippen MR) is 71.4 cm³/mol. The summed E-state index contributed by atoms with van der Waals surface area (Å²) in [5, 5.41) is 2.65. The fourth-order valence-electron chi connectivity index (χ4n) is 1.42. The van der Waals surface area contributed by atoms with Crippen LogP contribution in [0.15, 0.2) is 36.5 Å². The molecule has 0 fully saturated rings. The lowest BCUT2D eigenvalue weighted by Gasteiger charge is -2.07. The molecular weight excluding hydrogens is 271 g/mol. The van der Waals surface area contributed by atoms with E-state index < -0.39 is 11.7 Å². The van der Waals surface area contributed by atoms with E-state index in [9.17, 15) is 9.18 Å². The molecule has 0 aliphatic rings. The number of nitrogens with zero attached hydrogens (tertiary/aromatic N) is 1. The summed E-state index contributed by atoms with van der Waals surface area (Å²) in [7, 11) is 0. The van der Waals surface area contributed by atoms with Crippen molar-refractivity contribution < 1.29 is 9.18 Å². The summed E-state index contributed by atoms with van der Waals surface area (Å²) in [6.07, 6.45) is 1.44. The highest BCUT2D eigenvalue weighted by Crippen LogP contribution is 2.23. The largest absolute Gasteiger partial charge is 0.324 e. The quantitative estimate of drug-likeness (QED) is 0.596. The zero-order chi connectivity index (χ0) is 13.8. The maximum Gasteiger partial charge on any atom is 0.274 e. The Labute approximate surface area is 113 Å². The molecule has 1 amide bonds. The third-order valence-electron chi connectivity index (χ3n) is 2.34. The highest BCUT2D eigenvalue weighted by molar-refractivity contribution is 6.33. The van der Waals surface area contributed by atoms with Crippen molar-refractivity contribution >= 4 is 28.9 Å². The minimum absolute atomic E-state index is 0.112. The highest BCUT2D eigenvalue weighted by atomic mass is 35.5. The first-order chi connectivity index (χ1) is 9.10. The van der Waals surface area contributed by atoms with Gasteiger partial charge in [-0.2, -0.15) is 0 Å². The van der Waals surface area contributed by atoms with E-state index in [1.807, 2.05) is 0 Å². The molecule has 0 unspecified atom stereocenters. The summed E-state index contributed by atoms with van der Waals surface area (Å²) in [6, 6.07) is 6.78. The molecule has 0 atom stereocenters. The summed E-state index contributed by atoms with van der Waals surface area (Å²) < 4.78 is 12.9. The van der Waals surface area contributed by atoms with Gasteiger partial charge in [-0.1, -0.05) is 11.6 Å². The topological polar surface area (TPSA) is 80.0 Å². The molecule has 0 aliphatic heterocycles. The van der Waals surface area contributed by atoms with Gasteiger partial charge < -0.3 is 10.7 Å². The maximum absolute atomic E-state index is 12.9. The van der Waals surface area contributed by atoms with E-state index in [1.54, 1.807) is 6.07 Å². The fourth-order valence-corrected chi connectivity index (χ4v) is 1.64. The number of rotatable bonds is 3. The first-order valence-corrected chi connectivity index (χ1v) is 5.67. The van der Waals surface area contributed by atoms with Crippen LogP contribution in [-0.4, -0.2) is 10.9 Å². The number of benzene rings is 1. The van der Waals surface area contributed by atoms with Crippen LogP contribution in [-0.2, 0) is 0 Å². The number of carbonyl (C=O) groups excluding carboxylic acids is 1. The SMILES string of the molecule is NNc1ccnc(C(=O)Nc2ccc(F)cc2Cl)c1. The van der Waals surface area contributed by atoms with Gasteiger partial charge in [-0.15, -0.1) is 0 Å². The second-order valence-corrected chi connectivity index (χ2v) is 4.06. The maximum atomic E-state index is 12.9. The Bertz CT molecular complexity index is 620. The van der Waals surface area contributed by atoms with Gasteiger partial charge in [0.15, 0.2) is 0 Å². The third kappa shape index (κ3) is 3.18. The standard InChI is InChI=1S/C12H10ClFN4O/c13-9-5-7(14)1-2-10(9)17-12(19)11-6-8(18-15)3-4-16-11/h1-6H,15H2,(H,16,18)(H,17,19). The number of hydrazine groups is 1. The molecule has 7 heteroatoms. The highest BCUT2D eigenvalue weighted by Gasteiger charge is 2.10. The second kappa shape index (κ2) is 5.64. The van der Waals surface area contributed by atoms with E-state index >= 15 is 0 Å². The van der Waals surface area contributed by atoms with Crippen LogP contribution in [0.25, 0.3) is 0 Å². The molecule has 0 saturated carbocycles. The average Bonchev–Trinajstić information content (AvgIpc) is 2.42. The number of amides is 1. The van der Waals surface area contributed by atoms with Crippen LogP contribution >= 0.6 is 11.6 Å². The van der Waals surface area contributed by atoms with Gasteiger partial charge in [-0.05, 0) is 30.3 Å². The monoisotopic (exact) mass is 280 g/mol. The van der Waals surface area contributed by atoms with E-state index in [4.69, 9.17) is 17.4 Å². The number of hydrogen-bond acceptors (Lipinski definition) is 4. The number of pyridine rings is 1. The Morgan fingerprint density at radius 3 is 2.79 bits per heavy atom. The van der Waals surface area contributed by atoms with E-state index in [0.29, 0.717) is 11.4 Å². The summed E-state index contributed by atoms with van der Waals surface area (Å²) in [6.45, 7) is 0. The lowest BCUT2D eigenvalue weighted by molar-refractivity contribution is 0.102. The van der Waals surface area contributed by atoms with Crippen LogP contribution in [0.4, 0.5) is 15.8 Å². The molecule has 19 heavy (non-hydrogen) atoms. The van der Waals surface area contributed by atoms with Crippen molar-refractivity contribution in [3.63, 3.8) is 0 Å². The van der Waals surface area contributed by atoms with Crippen molar-refractivity contribution in [2.75, 3.05) is 10.7 Å². The molecule has 2 rings (SSSR count). The molecule has 0 bridgehead atoms. The summed E-state index contributed by atoms with van der Waals surface area (Å²) in [4.78, 5) is 15.8. The predicted octanol–water partition coefficient (Wildman–Crippen LogP) is 2.41. The number of anilines is 2. The van der Waals surface area contributed by atoms with Crippen LogP contribution in [0.1, 0.15) is 10.5 Å². The Morgan fingerprint density at radius 2 is 2.11 bits per heavy atom. The van der Waals surface area contributed by atoms with Crippen molar-refractivity contribution in [2.45, 2.75) is 0 Å². The molecule has 98 valence electrons. The number of nitrogen functional groups attached to an aromatic ring is 1. The number of aromatic nitrogens is 1. The number of hydrogen-bond donors (Lipinski definition) is 3. The number of nitrogens with two attached hydrogens (primary N) is 1. The summed E-state index contributed by atoms with van der Waals surface area (Å²) in [5.74, 6) is 4.30.